The van der Waals surface area contributed by atoms with Crippen molar-refractivity contribution >= 4 is 17.3 Å². The summed E-state index contributed by atoms with van der Waals surface area (Å²) >= 11 is 1.79. The minimum absolute atomic E-state index is 0.00791. The maximum Gasteiger partial charge on any atom is 0.192 e. The van der Waals surface area contributed by atoms with Gasteiger partial charge in [0.05, 0.1) is 6.04 Å². The third-order valence-corrected chi connectivity index (χ3v) is 6.34. The fourth-order valence-corrected chi connectivity index (χ4v) is 3.83. The summed E-state index contributed by atoms with van der Waals surface area (Å²) in [5, 5.41) is 17.5. The summed E-state index contributed by atoms with van der Waals surface area (Å²) in [7, 11) is 1.97. The van der Waals surface area contributed by atoms with Crippen LogP contribution in [0.1, 0.15) is 48.9 Å². The van der Waals surface area contributed by atoms with Crippen molar-refractivity contribution in [3.05, 3.63) is 69.9 Å². The van der Waals surface area contributed by atoms with Gasteiger partial charge in [0.15, 0.2) is 11.8 Å². The minimum Gasteiger partial charge on any atom is -0.355 e. The molecule has 2 aromatic heterocycles. The second-order valence-corrected chi connectivity index (χ2v) is 8.83. The van der Waals surface area contributed by atoms with Crippen LogP contribution in [0.15, 0.2) is 52.8 Å². The fourth-order valence-electron chi connectivity index (χ4n) is 2.98. The average molecular weight is 411 g/mol. The Hall–Kier alpha value is -2.67. The number of benzene rings is 1. The molecule has 0 fully saturated rings. The van der Waals surface area contributed by atoms with E-state index in [4.69, 9.17) is 4.99 Å². The van der Waals surface area contributed by atoms with E-state index in [2.05, 4.69) is 83.4 Å². The standard InChI is InChI=1S/C22H30N6S/c1-16(18-10-7-6-8-11-18)25-21(23-14-20-27-26-17(2)28(20)5)24-15-22(3,4)19-12-9-13-29-19/h6-13,16H,14-15H2,1-5H3,(H2,23,24,25). The van der Waals surface area contributed by atoms with E-state index >= 15 is 0 Å². The van der Waals surface area contributed by atoms with Crippen molar-refractivity contribution in [1.29, 1.82) is 0 Å². The Kier molecular flexibility index (Phi) is 6.69. The highest BCUT2D eigenvalue weighted by Crippen LogP contribution is 2.26. The molecule has 1 aromatic carbocycles. The van der Waals surface area contributed by atoms with E-state index in [0.29, 0.717) is 6.54 Å². The van der Waals surface area contributed by atoms with E-state index < -0.39 is 0 Å². The number of aromatic nitrogens is 3. The van der Waals surface area contributed by atoms with Gasteiger partial charge in [-0.15, -0.1) is 21.5 Å². The van der Waals surface area contributed by atoms with Gasteiger partial charge in [-0.05, 0) is 30.9 Å². The molecule has 154 valence electrons. The topological polar surface area (TPSA) is 67.1 Å². The van der Waals surface area contributed by atoms with Crippen LogP contribution in [-0.2, 0) is 19.0 Å². The van der Waals surface area contributed by atoms with E-state index in [1.54, 1.807) is 11.3 Å². The van der Waals surface area contributed by atoms with Gasteiger partial charge in [-0.1, -0.05) is 50.2 Å². The lowest BCUT2D eigenvalue weighted by atomic mass is 9.91. The van der Waals surface area contributed by atoms with Crippen LogP contribution in [-0.4, -0.2) is 27.3 Å². The first-order valence-corrected chi connectivity index (χ1v) is 10.7. The number of aliphatic imine (C=N–C) groups is 1. The third-order valence-electron chi connectivity index (χ3n) is 5.10. The van der Waals surface area contributed by atoms with Crippen LogP contribution in [0, 0.1) is 6.92 Å². The van der Waals surface area contributed by atoms with Gasteiger partial charge in [-0.2, -0.15) is 0 Å². The lowest BCUT2D eigenvalue weighted by Crippen LogP contribution is -2.44. The van der Waals surface area contributed by atoms with Gasteiger partial charge in [0, 0.05) is 23.9 Å². The summed E-state index contributed by atoms with van der Waals surface area (Å²) in [5.41, 5.74) is 1.22. The molecule has 2 heterocycles. The van der Waals surface area contributed by atoms with E-state index in [9.17, 15) is 0 Å². The predicted octanol–water partition coefficient (Wildman–Crippen LogP) is 3.96. The summed E-state index contributed by atoms with van der Waals surface area (Å²) in [6.07, 6.45) is 0. The molecule has 0 aliphatic carbocycles. The lowest BCUT2D eigenvalue weighted by molar-refractivity contribution is 0.514. The summed E-state index contributed by atoms with van der Waals surface area (Å²) < 4.78 is 1.97. The lowest BCUT2D eigenvalue weighted by Gasteiger charge is -2.26. The van der Waals surface area contributed by atoms with E-state index in [0.717, 1.165) is 24.2 Å². The van der Waals surface area contributed by atoms with Gasteiger partial charge >= 0.3 is 0 Å². The predicted molar refractivity (Wildman–Crippen MR) is 120 cm³/mol. The highest BCUT2D eigenvalue weighted by atomic mass is 32.1. The summed E-state index contributed by atoms with van der Waals surface area (Å²) in [6, 6.07) is 14.8. The van der Waals surface area contributed by atoms with Crippen molar-refractivity contribution < 1.29 is 0 Å². The Bertz CT molecular complexity index is 928. The maximum absolute atomic E-state index is 4.79. The second-order valence-electron chi connectivity index (χ2n) is 7.88. The molecular weight excluding hydrogens is 380 g/mol. The first kappa shape index (κ1) is 21.0. The van der Waals surface area contributed by atoms with E-state index in [1.165, 1.54) is 10.4 Å². The van der Waals surface area contributed by atoms with Gasteiger partial charge < -0.3 is 15.2 Å². The second kappa shape index (κ2) is 9.22. The van der Waals surface area contributed by atoms with E-state index in [-0.39, 0.29) is 11.5 Å². The smallest absolute Gasteiger partial charge is 0.192 e. The average Bonchev–Trinajstić information content (AvgIpc) is 3.37. The van der Waals surface area contributed by atoms with Gasteiger partial charge in [0.25, 0.3) is 0 Å². The molecule has 0 radical (unpaired) electrons. The zero-order chi connectivity index (χ0) is 20.9. The molecular formula is C22H30N6S. The molecule has 3 aromatic rings. The van der Waals surface area contributed by atoms with Crippen LogP contribution >= 0.6 is 11.3 Å². The highest BCUT2D eigenvalue weighted by molar-refractivity contribution is 7.10. The zero-order valence-corrected chi connectivity index (χ0v) is 18.6. The van der Waals surface area contributed by atoms with Crippen LogP contribution in [0.25, 0.3) is 0 Å². The van der Waals surface area contributed by atoms with Crippen molar-refractivity contribution in [2.45, 2.75) is 45.7 Å². The monoisotopic (exact) mass is 410 g/mol. The quantitative estimate of drug-likeness (QED) is 0.457. The SMILES string of the molecule is Cc1nnc(CN=C(NCC(C)(C)c2cccs2)NC(C)c2ccccc2)n1C. The van der Waals surface area contributed by atoms with Crippen LogP contribution in [0.5, 0.6) is 0 Å². The first-order valence-electron chi connectivity index (χ1n) is 9.85. The molecule has 0 bridgehead atoms. The number of hydrogen-bond acceptors (Lipinski definition) is 4. The Morgan fingerprint density at radius 3 is 2.55 bits per heavy atom. The molecule has 0 aliphatic heterocycles. The summed E-state index contributed by atoms with van der Waals surface area (Å²) in [6.45, 7) is 9.82. The summed E-state index contributed by atoms with van der Waals surface area (Å²) in [4.78, 5) is 6.14. The molecule has 1 atom stereocenters. The number of aryl methyl sites for hydroxylation is 1. The Labute approximate surface area is 177 Å². The normalized spacial score (nSPS) is 13.3. The Morgan fingerprint density at radius 1 is 1.17 bits per heavy atom. The molecule has 0 saturated carbocycles. The molecule has 1 unspecified atom stereocenters. The van der Waals surface area contributed by atoms with Crippen molar-refractivity contribution in [3.8, 4) is 0 Å². The van der Waals surface area contributed by atoms with Crippen LogP contribution < -0.4 is 10.6 Å². The maximum atomic E-state index is 4.79. The molecule has 3 rings (SSSR count). The molecule has 0 aliphatic rings. The number of guanidine groups is 1. The Morgan fingerprint density at radius 2 is 1.93 bits per heavy atom. The van der Waals surface area contributed by atoms with Crippen molar-refractivity contribution in [3.63, 3.8) is 0 Å². The van der Waals surface area contributed by atoms with Gasteiger partial charge in [0.1, 0.15) is 12.4 Å². The van der Waals surface area contributed by atoms with Crippen LogP contribution in [0.4, 0.5) is 0 Å². The third kappa shape index (κ3) is 5.44. The Balaban J connectivity index is 1.75. The molecule has 0 saturated heterocycles. The largest absolute Gasteiger partial charge is 0.355 e. The number of nitrogens with one attached hydrogen (secondary N) is 2. The van der Waals surface area contributed by atoms with Crippen molar-refractivity contribution in [1.82, 2.24) is 25.4 Å². The molecule has 29 heavy (non-hydrogen) atoms. The first-order chi connectivity index (χ1) is 13.9. The molecule has 2 N–H and O–H groups in total. The number of rotatable bonds is 7. The van der Waals surface area contributed by atoms with Crippen molar-refractivity contribution in [2.24, 2.45) is 12.0 Å². The molecule has 7 heteroatoms. The van der Waals surface area contributed by atoms with Gasteiger partial charge in [-0.25, -0.2) is 4.99 Å². The highest BCUT2D eigenvalue weighted by Gasteiger charge is 2.22. The molecule has 6 nitrogen and oxygen atoms in total. The van der Waals surface area contributed by atoms with E-state index in [1.807, 2.05) is 24.6 Å². The number of hydrogen-bond donors (Lipinski definition) is 2. The number of thiophene rings is 1. The number of nitrogens with zero attached hydrogens (tertiary/aromatic N) is 4. The van der Waals surface area contributed by atoms with Gasteiger partial charge in [-0.3, -0.25) is 0 Å². The minimum atomic E-state index is 0.00791. The molecule has 0 spiro atoms. The van der Waals surface area contributed by atoms with Gasteiger partial charge in [0.2, 0.25) is 0 Å². The van der Waals surface area contributed by atoms with Crippen LogP contribution in [0.2, 0.25) is 0 Å². The molecule has 0 amide bonds. The zero-order valence-electron chi connectivity index (χ0n) is 17.8. The fraction of sp³-hybridized carbons (Fsp3) is 0.409. The van der Waals surface area contributed by atoms with Crippen molar-refractivity contribution in [2.75, 3.05) is 6.54 Å². The van der Waals surface area contributed by atoms with Crippen LogP contribution in [0.3, 0.4) is 0 Å². The summed E-state index contributed by atoms with van der Waals surface area (Å²) in [5.74, 6) is 2.49.